The van der Waals surface area contributed by atoms with Crippen LogP contribution in [0, 0.1) is 16.7 Å². The number of likely N-dealkylation sites (tertiary alicyclic amines) is 1. The standard InChI is InChI=1S/C25H26Cl2N2O3/c1-24(2)17-11-12-25(24,3)23(32)29(22(17)31)20(13-15-7-5-4-6-8-15)21(30)28-19-10-9-16(26)14-18(19)27/h4-10,14,17,20H,11-13H2,1-3H3,(H,28,30). The second-order valence-corrected chi connectivity index (χ2v) is 10.3. The van der Waals surface area contributed by atoms with Gasteiger partial charge in [-0.15, -0.1) is 0 Å². The van der Waals surface area contributed by atoms with Crippen molar-refractivity contribution in [2.24, 2.45) is 16.7 Å². The maximum Gasteiger partial charge on any atom is 0.248 e. The quantitative estimate of drug-likeness (QED) is 0.595. The van der Waals surface area contributed by atoms with Gasteiger partial charge in [0.1, 0.15) is 6.04 Å². The van der Waals surface area contributed by atoms with Gasteiger partial charge < -0.3 is 5.32 Å². The van der Waals surface area contributed by atoms with Crippen molar-refractivity contribution in [2.45, 2.75) is 46.1 Å². The first-order valence-corrected chi connectivity index (χ1v) is 11.5. The predicted molar refractivity (Wildman–Crippen MR) is 125 cm³/mol. The first-order chi connectivity index (χ1) is 15.1. The molecule has 168 valence electrons. The molecule has 32 heavy (non-hydrogen) atoms. The Bertz CT molecular complexity index is 1090. The number of halogens is 2. The van der Waals surface area contributed by atoms with E-state index in [1.54, 1.807) is 12.1 Å². The average molecular weight is 473 g/mol. The Balaban J connectivity index is 1.72. The molecule has 2 fully saturated rings. The summed E-state index contributed by atoms with van der Waals surface area (Å²) in [5.74, 6) is -1.30. The Morgan fingerprint density at radius 2 is 1.81 bits per heavy atom. The van der Waals surface area contributed by atoms with Crippen LogP contribution in [-0.4, -0.2) is 28.7 Å². The molecule has 2 aromatic rings. The van der Waals surface area contributed by atoms with Crippen molar-refractivity contribution < 1.29 is 14.4 Å². The lowest BCUT2D eigenvalue weighted by molar-refractivity contribution is -0.172. The van der Waals surface area contributed by atoms with E-state index < -0.39 is 22.8 Å². The summed E-state index contributed by atoms with van der Waals surface area (Å²) in [6.07, 6.45) is 1.50. The van der Waals surface area contributed by atoms with Crippen molar-refractivity contribution in [1.82, 2.24) is 4.90 Å². The van der Waals surface area contributed by atoms with Crippen LogP contribution in [0.5, 0.6) is 0 Å². The van der Waals surface area contributed by atoms with Gasteiger partial charge in [0.05, 0.1) is 16.1 Å². The molecule has 3 amide bonds. The fourth-order valence-electron chi connectivity index (χ4n) is 5.09. The van der Waals surface area contributed by atoms with Gasteiger partial charge in [-0.3, -0.25) is 19.3 Å². The SMILES string of the molecule is CC12CCC(C(=O)N(C(Cc3ccccc3)C(=O)Nc3ccc(Cl)cc3Cl)C1=O)C2(C)C. The number of fused-ring (bicyclic) bond motifs is 2. The zero-order chi connectivity index (χ0) is 23.3. The predicted octanol–water partition coefficient (Wildman–Crippen LogP) is 5.35. The van der Waals surface area contributed by atoms with E-state index in [1.165, 1.54) is 11.0 Å². The Labute approximate surface area is 198 Å². The molecule has 1 saturated heterocycles. The summed E-state index contributed by atoms with van der Waals surface area (Å²) < 4.78 is 0. The summed E-state index contributed by atoms with van der Waals surface area (Å²) >= 11 is 12.2. The van der Waals surface area contributed by atoms with Gasteiger partial charge in [0.15, 0.2) is 0 Å². The van der Waals surface area contributed by atoms with Gasteiger partial charge in [-0.25, -0.2) is 0 Å². The van der Waals surface area contributed by atoms with E-state index >= 15 is 0 Å². The van der Waals surface area contributed by atoms with Crippen molar-refractivity contribution in [1.29, 1.82) is 0 Å². The average Bonchev–Trinajstić information content (AvgIpc) is 2.93. The molecule has 2 aliphatic rings. The summed E-state index contributed by atoms with van der Waals surface area (Å²) in [7, 11) is 0. The third-order valence-corrected chi connectivity index (χ3v) is 8.08. The number of benzene rings is 2. The second-order valence-electron chi connectivity index (χ2n) is 9.48. The third kappa shape index (κ3) is 3.61. The van der Waals surface area contributed by atoms with E-state index in [4.69, 9.17) is 23.2 Å². The molecular formula is C25H26Cl2N2O3. The van der Waals surface area contributed by atoms with Crippen LogP contribution >= 0.6 is 23.2 Å². The van der Waals surface area contributed by atoms with E-state index in [9.17, 15) is 14.4 Å². The fraction of sp³-hybridized carbons (Fsp3) is 0.400. The number of carbonyl (C=O) groups is 3. The van der Waals surface area contributed by atoms with Crippen LogP contribution in [-0.2, 0) is 20.8 Å². The Hall–Kier alpha value is -2.37. The molecule has 0 aromatic heterocycles. The Morgan fingerprint density at radius 1 is 1.12 bits per heavy atom. The van der Waals surface area contributed by atoms with Gasteiger partial charge in [0.25, 0.3) is 0 Å². The minimum Gasteiger partial charge on any atom is -0.323 e. The van der Waals surface area contributed by atoms with Crippen LogP contribution < -0.4 is 5.32 Å². The number of nitrogens with zero attached hydrogens (tertiary/aromatic N) is 1. The fourth-order valence-corrected chi connectivity index (χ4v) is 5.55. The van der Waals surface area contributed by atoms with Crippen molar-refractivity contribution in [3.8, 4) is 0 Å². The lowest BCUT2D eigenvalue weighted by Crippen LogP contribution is -2.64. The van der Waals surface area contributed by atoms with Gasteiger partial charge in [0, 0.05) is 17.4 Å². The second kappa shape index (κ2) is 8.20. The Morgan fingerprint density at radius 3 is 2.47 bits per heavy atom. The van der Waals surface area contributed by atoms with E-state index in [2.05, 4.69) is 5.32 Å². The molecule has 2 aromatic carbocycles. The van der Waals surface area contributed by atoms with E-state index in [0.717, 1.165) is 5.56 Å². The first kappa shape index (κ1) is 22.8. The number of anilines is 1. The molecule has 1 heterocycles. The number of piperidine rings is 1. The number of carbonyl (C=O) groups excluding carboxylic acids is 3. The summed E-state index contributed by atoms with van der Waals surface area (Å²) in [6, 6.07) is 13.2. The maximum absolute atomic E-state index is 13.7. The van der Waals surface area contributed by atoms with Crippen LogP contribution in [0.25, 0.3) is 0 Å². The number of nitrogens with one attached hydrogen (secondary N) is 1. The third-order valence-electron chi connectivity index (χ3n) is 7.53. The minimum atomic E-state index is -0.986. The van der Waals surface area contributed by atoms with Crippen molar-refractivity contribution >= 4 is 46.6 Å². The highest BCUT2D eigenvalue weighted by Crippen LogP contribution is 2.60. The summed E-state index contributed by atoms with van der Waals surface area (Å²) in [5, 5.41) is 3.54. The van der Waals surface area contributed by atoms with Crippen molar-refractivity contribution in [3.05, 3.63) is 64.1 Å². The molecule has 1 saturated carbocycles. The molecule has 1 aliphatic heterocycles. The highest BCUT2D eigenvalue weighted by molar-refractivity contribution is 6.36. The molecule has 1 aliphatic carbocycles. The lowest BCUT2D eigenvalue weighted by atomic mass is 9.62. The number of imide groups is 1. The molecule has 1 N–H and O–H groups in total. The summed E-state index contributed by atoms with van der Waals surface area (Å²) in [4.78, 5) is 42.0. The van der Waals surface area contributed by atoms with E-state index in [1.807, 2.05) is 51.1 Å². The number of rotatable bonds is 5. The van der Waals surface area contributed by atoms with Crippen LogP contribution in [0.2, 0.25) is 10.0 Å². The van der Waals surface area contributed by atoms with Crippen LogP contribution in [0.4, 0.5) is 5.69 Å². The van der Waals surface area contributed by atoms with Gasteiger partial charge in [-0.1, -0.05) is 74.3 Å². The topological polar surface area (TPSA) is 66.5 Å². The van der Waals surface area contributed by atoms with Crippen LogP contribution in [0.1, 0.15) is 39.2 Å². The maximum atomic E-state index is 13.7. The molecule has 0 radical (unpaired) electrons. The highest BCUT2D eigenvalue weighted by atomic mass is 35.5. The molecule has 3 unspecified atom stereocenters. The van der Waals surface area contributed by atoms with Gasteiger partial charge in [0.2, 0.25) is 17.7 Å². The molecule has 0 spiro atoms. The van der Waals surface area contributed by atoms with Gasteiger partial charge in [-0.2, -0.15) is 0 Å². The smallest absolute Gasteiger partial charge is 0.248 e. The Kier molecular flexibility index (Phi) is 5.84. The summed E-state index contributed by atoms with van der Waals surface area (Å²) in [5.41, 5.74) is 0.0900. The zero-order valence-corrected chi connectivity index (χ0v) is 19.8. The first-order valence-electron chi connectivity index (χ1n) is 10.7. The normalized spacial score (nSPS) is 25.0. The van der Waals surface area contributed by atoms with Crippen LogP contribution in [0.15, 0.2) is 48.5 Å². The van der Waals surface area contributed by atoms with Gasteiger partial charge >= 0.3 is 0 Å². The summed E-state index contributed by atoms with van der Waals surface area (Å²) in [6.45, 7) is 5.89. The van der Waals surface area contributed by atoms with Crippen LogP contribution in [0.3, 0.4) is 0 Å². The molecule has 7 heteroatoms. The minimum absolute atomic E-state index is 0.221. The number of hydrogen-bond donors (Lipinski definition) is 1. The largest absolute Gasteiger partial charge is 0.323 e. The molecule has 5 nitrogen and oxygen atoms in total. The molecule has 2 bridgehead atoms. The van der Waals surface area contributed by atoms with E-state index in [0.29, 0.717) is 23.6 Å². The van der Waals surface area contributed by atoms with E-state index in [-0.39, 0.29) is 29.2 Å². The monoisotopic (exact) mass is 472 g/mol. The molecular weight excluding hydrogens is 447 g/mol. The molecule has 4 rings (SSSR count). The number of amides is 3. The molecule has 3 atom stereocenters. The zero-order valence-electron chi connectivity index (χ0n) is 18.3. The highest BCUT2D eigenvalue weighted by Gasteiger charge is 2.65. The lowest BCUT2D eigenvalue weighted by Gasteiger charge is -2.49. The van der Waals surface area contributed by atoms with Crippen molar-refractivity contribution in [3.63, 3.8) is 0 Å². The van der Waals surface area contributed by atoms with Crippen molar-refractivity contribution in [2.75, 3.05) is 5.32 Å². The van der Waals surface area contributed by atoms with Gasteiger partial charge in [-0.05, 0) is 42.0 Å². The number of hydrogen-bond acceptors (Lipinski definition) is 3.